The second-order valence-electron chi connectivity index (χ2n) is 9.47. The van der Waals surface area contributed by atoms with Crippen LogP contribution in [0.3, 0.4) is 0 Å². The molecule has 3 aliphatic rings. The monoisotopic (exact) mass is 356 g/mol. The summed E-state index contributed by atoms with van der Waals surface area (Å²) in [5, 5.41) is 40.2. The molecule has 2 saturated carbocycles. The van der Waals surface area contributed by atoms with Gasteiger partial charge in [-0.25, -0.2) is 0 Å². The van der Waals surface area contributed by atoms with Gasteiger partial charge in [-0.2, -0.15) is 0 Å². The minimum atomic E-state index is -0.653. The SMILES string of the molecule is C[C@@H]1CC[C@@H]2[C@](C)(CO)[C@H](O)CC[C@]2(C)[C@]12CC[C@@](CO)(CCO)O2. The predicted molar refractivity (Wildman–Crippen MR) is 95.0 cm³/mol. The highest BCUT2D eigenvalue weighted by atomic mass is 16.5. The number of rotatable bonds is 4. The highest BCUT2D eigenvalue weighted by Crippen LogP contribution is 2.67. The van der Waals surface area contributed by atoms with Crippen LogP contribution in [0.5, 0.6) is 0 Å². The molecule has 1 spiro atoms. The Morgan fingerprint density at radius 2 is 1.68 bits per heavy atom. The summed E-state index contributed by atoms with van der Waals surface area (Å²) in [5.74, 6) is 0.549. The quantitative estimate of drug-likeness (QED) is 0.617. The van der Waals surface area contributed by atoms with Gasteiger partial charge >= 0.3 is 0 Å². The van der Waals surface area contributed by atoms with Gasteiger partial charge in [0.05, 0.1) is 30.5 Å². The van der Waals surface area contributed by atoms with Crippen molar-refractivity contribution in [3.63, 3.8) is 0 Å². The molecular weight excluding hydrogens is 320 g/mol. The minimum Gasteiger partial charge on any atom is -0.396 e. The van der Waals surface area contributed by atoms with Crippen molar-refractivity contribution in [2.45, 2.75) is 83.0 Å². The molecule has 7 atom stereocenters. The third-order valence-corrected chi connectivity index (χ3v) is 8.46. The van der Waals surface area contributed by atoms with Crippen molar-refractivity contribution < 1.29 is 25.2 Å². The standard InChI is InChI=1S/C20H36O5/c1-14-4-5-15-17(2,12-22)16(24)6-7-18(15,3)20(14)9-8-19(13-23,25-20)10-11-21/h14-16,21-24H,4-13H2,1-3H3/t14-,15-,16-,17+,18+,19+,20+/m1/s1. The van der Waals surface area contributed by atoms with Gasteiger partial charge in [0.1, 0.15) is 0 Å². The van der Waals surface area contributed by atoms with E-state index in [0.717, 1.165) is 32.1 Å². The molecule has 0 aromatic heterocycles. The molecule has 5 nitrogen and oxygen atoms in total. The van der Waals surface area contributed by atoms with E-state index in [1.807, 2.05) is 6.92 Å². The zero-order valence-corrected chi connectivity index (χ0v) is 16.0. The molecule has 3 fully saturated rings. The molecule has 1 saturated heterocycles. The van der Waals surface area contributed by atoms with Gasteiger partial charge in [-0.15, -0.1) is 0 Å². The Labute approximate surface area is 151 Å². The maximum Gasteiger partial charge on any atom is 0.0942 e. The van der Waals surface area contributed by atoms with E-state index in [4.69, 9.17) is 4.74 Å². The lowest BCUT2D eigenvalue weighted by Crippen LogP contribution is -2.66. The first-order valence-electron chi connectivity index (χ1n) is 9.94. The summed E-state index contributed by atoms with van der Waals surface area (Å²) in [6, 6.07) is 0. The van der Waals surface area contributed by atoms with Crippen LogP contribution in [-0.2, 0) is 4.74 Å². The fourth-order valence-electron chi connectivity index (χ4n) is 6.70. The van der Waals surface area contributed by atoms with E-state index < -0.39 is 17.1 Å². The maximum atomic E-state index is 10.6. The van der Waals surface area contributed by atoms with Crippen LogP contribution in [0.2, 0.25) is 0 Å². The highest BCUT2D eigenvalue weighted by molar-refractivity contribution is 5.17. The molecule has 1 heterocycles. The molecule has 5 heteroatoms. The highest BCUT2D eigenvalue weighted by Gasteiger charge is 2.68. The summed E-state index contributed by atoms with van der Waals surface area (Å²) in [6.07, 6.45) is 5.15. The lowest BCUT2D eigenvalue weighted by atomic mass is 9.43. The molecule has 0 radical (unpaired) electrons. The second-order valence-corrected chi connectivity index (χ2v) is 9.47. The number of hydrogen-bond acceptors (Lipinski definition) is 5. The molecule has 25 heavy (non-hydrogen) atoms. The average Bonchev–Trinajstić information content (AvgIpc) is 2.99. The predicted octanol–water partition coefficient (Wildman–Crippen LogP) is 1.85. The second kappa shape index (κ2) is 6.45. The number of fused-ring (bicyclic) bond motifs is 2. The van der Waals surface area contributed by atoms with E-state index >= 15 is 0 Å². The van der Waals surface area contributed by atoms with Crippen molar-refractivity contribution in [3.8, 4) is 0 Å². The average molecular weight is 357 g/mol. The Balaban J connectivity index is 2.02. The molecule has 0 aromatic rings. The van der Waals surface area contributed by atoms with Crippen LogP contribution in [0.25, 0.3) is 0 Å². The van der Waals surface area contributed by atoms with E-state index in [1.54, 1.807) is 0 Å². The van der Waals surface area contributed by atoms with Gasteiger partial charge in [-0.05, 0) is 50.4 Å². The first-order valence-corrected chi connectivity index (χ1v) is 9.94. The first-order chi connectivity index (χ1) is 11.7. The first kappa shape index (κ1) is 19.6. The Morgan fingerprint density at radius 1 is 0.960 bits per heavy atom. The topological polar surface area (TPSA) is 90.2 Å². The molecule has 2 aliphatic carbocycles. The lowest BCUT2D eigenvalue weighted by Gasteiger charge is -2.65. The van der Waals surface area contributed by atoms with Crippen molar-refractivity contribution in [1.29, 1.82) is 0 Å². The van der Waals surface area contributed by atoms with Crippen LogP contribution in [-0.4, -0.2) is 57.6 Å². The zero-order valence-electron chi connectivity index (χ0n) is 16.0. The van der Waals surface area contributed by atoms with Crippen molar-refractivity contribution in [2.24, 2.45) is 22.7 Å². The fraction of sp³-hybridized carbons (Fsp3) is 1.00. The minimum absolute atomic E-state index is 0.0121. The van der Waals surface area contributed by atoms with Crippen LogP contribution in [0.4, 0.5) is 0 Å². The Morgan fingerprint density at radius 3 is 2.28 bits per heavy atom. The summed E-state index contributed by atoms with van der Waals surface area (Å²) >= 11 is 0. The summed E-state index contributed by atoms with van der Waals surface area (Å²) in [4.78, 5) is 0. The summed E-state index contributed by atoms with van der Waals surface area (Å²) in [7, 11) is 0. The van der Waals surface area contributed by atoms with E-state index in [-0.39, 0.29) is 36.8 Å². The van der Waals surface area contributed by atoms with E-state index in [1.165, 1.54) is 0 Å². The number of aliphatic hydroxyl groups is 4. The molecule has 0 amide bonds. The smallest absolute Gasteiger partial charge is 0.0942 e. The van der Waals surface area contributed by atoms with Crippen LogP contribution >= 0.6 is 0 Å². The van der Waals surface area contributed by atoms with Crippen LogP contribution < -0.4 is 0 Å². The van der Waals surface area contributed by atoms with Crippen molar-refractivity contribution in [2.75, 3.05) is 19.8 Å². The molecule has 1 aliphatic heterocycles. The van der Waals surface area contributed by atoms with E-state index in [9.17, 15) is 20.4 Å². The van der Waals surface area contributed by atoms with Crippen LogP contribution in [0.15, 0.2) is 0 Å². The van der Waals surface area contributed by atoms with Crippen molar-refractivity contribution in [1.82, 2.24) is 0 Å². The van der Waals surface area contributed by atoms with Crippen molar-refractivity contribution >= 4 is 0 Å². The van der Waals surface area contributed by atoms with E-state index in [0.29, 0.717) is 18.8 Å². The van der Waals surface area contributed by atoms with Gasteiger partial charge in [0.2, 0.25) is 0 Å². The Bertz CT molecular complexity index is 498. The fourth-order valence-corrected chi connectivity index (χ4v) is 6.70. The van der Waals surface area contributed by atoms with Gasteiger partial charge in [0, 0.05) is 23.9 Å². The molecule has 3 rings (SSSR count). The van der Waals surface area contributed by atoms with Crippen molar-refractivity contribution in [3.05, 3.63) is 0 Å². The van der Waals surface area contributed by atoms with Gasteiger partial charge in [0.25, 0.3) is 0 Å². The maximum absolute atomic E-state index is 10.6. The molecule has 0 unspecified atom stereocenters. The number of ether oxygens (including phenoxy) is 1. The number of aliphatic hydroxyl groups excluding tert-OH is 4. The summed E-state index contributed by atoms with van der Waals surface area (Å²) in [5.41, 5.74) is -1.66. The molecule has 4 N–H and O–H groups in total. The van der Waals surface area contributed by atoms with Crippen LogP contribution in [0, 0.1) is 22.7 Å². The molecule has 146 valence electrons. The van der Waals surface area contributed by atoms with Gasteiger partial charge in [-0.3, -0.25) is 0 Å². The van der Waals surface area contributed by atoms with Gasteiger partial charge < -0.3 is 25.2 Å². The van der Waals surface area contributed by atoms with Gasteiger partial charge in [-0.1, -0.05) is 20.8 Å². The molecule has 0 aromatic carbocycles. The summed E-state index contributed by atoms with van der Waals surface area (Å²) < 4.78 is 6.75. The lowest BCUT2D eigenvalue weighted by molar-refractivity contribution is -0.272. The zero-order chi connectivity index (χ0) is 18.5. The summed E-state index contributed by atoms with van der Waals surface area (Å²) in [6.45, 7) is 6.47. The van der Waals surface area contributed by atoms with Gasteiger partial charge in [0.15, 0.2) is 0 Å². The largest absolute Gasteiger partial charge is 0.396 e. The normalized spacial score (nSPS) is 53.2. The molecule has 0 bridgehead atoms. The van der Waals surface area contributed by atoms with E-state index in [2.05, 4.69) is 13.8 Å². The molecular formula is C20H36O5. The number of hydrogen-bond donors (Lipinski definition) is 4. The third-order valence-electron chi connectivity index (χ3n) is 8.46. The Kier molecular flexibility index (Phi) is 5.05. The van der Waals surface area contributed by atoms with Crippen LogP contribution in [0.1, 0.15) is 65.7 Å². The third kappa shape index (κ3) is 2.53. The Hall–Kier alpha value is -0.200.